The van der Waals surface area contributed by atoms with Crippen molar-refractivity contribution >= 4 is 11.3 Å². The number of nitrogens with zero attached hydrogens (tertiary/aromatic N) is 1. The van der Waals surface area contributed by atoms with Gasteiger partial charge in [-0.05, 0) is 33.6 Å². The molecule has 16 heavy (non-hydrogen) atoms. The van der Waals surface area contributed by atoms with Crippen LogP contribution in [0.3, 0.4) is 0 Å². The largest absolute Gasteiger partial charge is 0.307 e. The highest BCUT2D eigenvalue weighted by Gasteiger charge is 2.15. The lowest BCUT2D eigenvalue weighted by Crippen LogP contribution is -2.28. The molecule has 0 aliphatic carbocycles. The summed E-state index contributed by atoms with van der Waals surface area (Å²) in [5.41, 5.74) is 1.20. The van der Waals surface area contributed by atoms with Crippen LogP contribution in [0.5, 0.6) is 0 Å². The minimum Gasteiger partial charge on any atom is -0.307 e. The molecule has 1 heterocycles. The second-order valence-electron chi connectivity index (χ2n) is 4.49. The zero-order valence-electron chi connectivity index (χ0n) is 11.1. The standard InChI is InChI=1S/C13H24N2S/c1-6-8-9(3)14-10(4)13-11(5)15-12(7-2)16-13/h9-10,14H,6-8H2,1-5H3. The first-order valence-corrected chi connectivity index (χ1v) is 7.12. The molecule has 1 N–H and O–H groups in total. The van der Waals surface area contributed by atoms with Gasteiger partial charge in [-0.3, -0.25) is 0 Å². The van der Waals surface area contributed by atoms with Gasteiger partial charge in [-0.1, -0.05) is 20.3 Å². The molecule has 0 aliphatic rings. The Hall–Kier alpha value is -0.410. The summed E-state index contributed by atoms with van der Waals surface area (Å²) in [4.78, 5) is 5.98. The highest BCUT2D eigenvalue weighted by atomic mass is 32.1. The van der Waals surface area contributed by atoms with E-state index in [-0.39, 0.29) is 0 Å². The molecule has 1 rings (SSSR count). The van der Waals surface area contributed by atoms with E-state index in [0.29, 0.717) is 12.1 Å². The topological polar surface area (TPSA) is 24.9 Å². The molecular formula is C13H24N2S. The molecule has 0 bridgehead atoms. The van der Waals surface area contributed by atoms with Crippen LogP contribution in [-0.4, -0.2) is 11.0 Å². The normalized spacial score (nSPS) is 15.1. The average Bonchev–Trinajstić information content (AvgIpc) is 2.60. The molecule has 2 nitrogen and oxygen atoms in total. The predicted molar refractivity (Wildman–Crippen MR) is 72.1 cm³/mol. The number of aryl methyl sites for hydroxylation is 2. The van der Waals surface area contributed by atoms with Gasteiger partial charge in [-0.25, -0.2) is 4.98 Å². The zero-order chi connectivity index (χ0) is 12.1. The summed E-state index contributed by atoms with van der Waals surface area (Å²) in [6.07, 6.45) is 3.52. The first-order valence-electron chi connectivity index (χ1n) is 6.30. The lowest BCUT2D eigenvalue weighted by atomic mass is 10.1. The Bertz CT molecular complexity index is 320. The van der Waals surface area contributed by atoms with Crippen LogP contribution in [0.4, 0.5) is 0 Å². The van der Waals surface area contributed by atoms with Crippen LogP contribution in [0, 0.1) is 6.92 Å². The Balaban J connectivity index is 2.64. The fourth-order valence-electron chi connectivity index (χ4n) is 2.04. The lowest BCUT2D eigenvalue weighted by Gasteiger charge is -2.18. The number of hydrogen-bond acceptors (Lipinski definition) is 3. The molecule has 2 atom stereocenters. The second kappa shape index (κ2) is 6.36. The molecular weight excluding hydrogens is 216 g/mol. The quantitative estimate of drug-likeness (QED) is 0.817. The van der Waals surface area contributed by atoms with E-state index in [0.717, 1.165) is 6.42 Å². The van der Waals surface area contributed by atoms with E-state index >= 15 is 0 Å². The van der Waals surface area contributed by atoms with Gasteiger partial charge >= 0.3 is 0 Å². The maximum absolute atomic E-state index is 4.58. The monoisotopic (exact) mass is 240 g/mol. The van der Waals surface area contributed by atoms with Crippen LogP contribution in [0.1, 0.15) is 62.2 Å². The molecule has 0 spiro atoms. The van der Waals surface area contributed by atoms with Crippen LogP contribution < -0.4 is 5.32 Å². The molecule has 3 heteroatoms. The van der Waals surface area contributed by atoms with Gasteiger partial charge in [0.25, 0.3) is 0 Å². The van der Waals surface area contributed by atoms with E-state index in [1.807, 2.05) is 11.3 Å². The maximum Gasteiger partial charge on any atom is 0.0928 e. The molecule has 0 aliphatic heterocycles. The number of nitrogens with one attached hydrogen (secondary N) is 1. The van der Waals surface area contributed by atoms with Crippen molar-refractivity contribution in [1.29, 1.82) is 0 Å². The van der Waals surface area contributed by atoms with Crippen LogP contribution in [0.15, 0.2) is 0 Å². The van der Waals surface area contributed by atoms with Gasteiger partial charge in [0.1, 0.15) is 0 Å². The third kappa shape index (κ3) is 3.56. The fraction of sp³-hybridized carbons (Fsp3) is 0.769. The Morgan fingerprint density at radius 1 is 1.31 bits per heavy atom. The van der Waals surface area contributed by atoms with Crippen LogP contribution in [0.25, 0.3) is 0 Å². The maximum atomic E-state index is 4.58. The van der Waals surface area contributed by atoms with Gasteiger partial charge in [0.15, 0.2) is 0 Å². The summed E-state index contributed by atoms with van der Waals surface area (Å²) in [5, 5.41) is 4.90. The molecule has 0 saturated heterocycles. The van der Waals surface area contributed by atoms with Crippen LogP contribution in [0.2, 0.25) is 0 Å². The SMILES string of the molecule is CCCC(C)NC(C)c1sc(CC)nc1C. The number of rotatable bonds is 6. The van der Waals surface area contributed by atoms with Crippen molar-refractivity contribution in [2.24, 2.45) is 0 Å². The molecule has 92 valence electrons. The Morgan fingerprint density at radius 2 is 2.00 bits per heavy atom. The van der Waals surface area contributed by atoms with Crippen LogP contribution >= 0.6 is 11.3 Å². The van der Waals surface area contributed by atoms with Crippen molar-refractivity contribution in [2.45, 2.75) is 66.0 Å². The smallest absolute Gasteiger partial charge is 0.0928 e. The Morgan fingerprint density at radius 3 is 2.50 bits per heavy atom. The molecule has 0 fully saturated rings. The van der Waals surface area contributed by atoms with Crippen LogP contribution in [-0.2, 0) is 6.42 Å². The Kier molecular flexibility index (Phi) is 5.42. The highest BCUT2D eigenvalue weighted by molar-refractivity contribution is 7.11. The van der Waals surface area contributed by atoms with E-state index in [9.17, 15) is 0 Å². The molecule has 0 amide bonds. The molecule has 1 aromatic heterocycles. The average molecular weight is 240 g/mol. The number of aromatic nitrogens is 1. The highest BCUT2D eigenvalue weighted by Crippen LogP contribution is 2.25. The van der Waals surface area contributed by atoms with Gasteiger partial charge in [0.2, 0.25) is 0 Å². The predicted octanol–water partition coefficient (Wildman–Crippen LogP) is 3.85. The molecule has 0 saturated carbocycles. The Labute approximate surface area is 103 Å². The summed E-state index contributed by atoms with van der Waals surface area (Å²) in [6, 6.07) is 1.02. The minimum absolute atomic E-state index is 0.430. The molecule has 2 unspecified atom stereocenters. The zero-order valence-corrected chi connectivity index (χ0v) is 11.9. The van der Waals surface area contributed by atoms with Crippen molar-refractivity contribution in [3.05, 3.63) is 15.6 Å². The van der Waals surface area contributed by atoms with Crippen molar-refractivity contribution < 1.29 is 0 Å². The fourth-order valence-corrected chi connectivity index (χ4v) is 3.06. The van der Waals surface area contributed by atoms with Gasteiger partial charge < -0.3 is 5.32 Å². The third-order valence-electron chi connectivity index (χ3n) is 2.83. The van der Waals surface area contributed by atoms with E-state index in [1.54, 1.807) is 0 Å². The first-order chi connectivity index (χ1) is 7.58. The molecule has 1 aromatic rings. The summed E-state index contributed by atoms with van der Waals surface area (Å²) < 4.78 is 0. The van der Waals surface area contributed by atoms with E-state index in [2.05, 4.69) is 44.9 Å². The summed E-state index contributed by atoms with van der Waals surface area (Å²) in [7, 11) is 0. The first kappa shape index (κ1) is 13.7. The van der Waals surface area contributed by atoms with Crippen molar-refractivity contribution in [3.63, 3.8) is 0 Å². The summed E-state index contributed by atoms with van der Waals surface area (Å²) in [6.45, 7) is 11.0. The van der Waals surface area contributed by atoms with Crippen molar-refractivity contribution in [3.8, 4) is 0 Å². The van der Waals surface area contributed by atoms with Crippen molar-refractivity contribution in [2.75, 3.05) is 0 Å². The molecule has 0 radical (unpaired) electrons. The van der Waals surface area contributed by atoms with Gasteiger partial charge in [-0.2, -0.15) is 0 Å². The van der Waals surface area contributed by atoms with Gasteiger partial charge in [0, 0.05) is 17.0 Å². The van der Waals surface area contributed by atoms with Gasteiger partial charge in [0.05, 0.1) is 10.7 Å². The summed E-state index contributed by atoms with van der Waals surface area (Å²) in [5.74, 6) is 0. The summed E-state index contributed by atoms with van der Waals surface area (Å²) >= 11 is 1.85. The van der Waals surface area contributed by atoms with E-state index in [1.165, 1.54) is 28.4 Å². The second-order valence-corrected chi connectivity index (χ2v) is 5.60. The number of thiazole rings is 1. The lowest BCUT2D eigenvalue weighted by molar-refractivity contribution is 0.455. The number of hydrogen-bond donors (Lipinski definition) is 1. The van der Waals surface area contributed by atoms with Crippen molar-refractivity contribution in [1.82, 2.24) is 10.3 Å². The van der Waals surface area contributed by atoms with Gasteiger partial charge in [-0.15, -0.1) is 11.3 Å². The molecule has 0 aromatic carbocycles. The minimum atomic E-state index is 0.430. The third-order valence-corrected chi connectivity index (χ3v) is 4.31. The van der Waals surface area contributed by atoms with E-state index in [4.69, 9.17) is 0 Å². The van der Waals surface area contributed by atoms with E-state index < -0.39 is 0 Å².